The number of hydrogen-bond acceptors (Lipinski definition) is 1. The van der Waals surface area contributed by atoms with E-state index in [9.17, 15) is 0 Å². The summed E-state index contributed by atoms with van der Waals surface area (Å²) in [5.74, 6) is 0.951. The molecule has 0 heterocycles. The van der Waals surface area contributed by atoms with Gasteiger partial charge in [-0.1, -0.05) is 121 Å². The zero-order valence-corrected chi connectivity index (χ0v) is 19.1. The zero-order chi connectivity index (χ0) is 22.0. The molecule has 0 atom stereocenters. The summed E-state index contributed by atoms with van der Waals surface area (Å²) < 4.78 is 6.96. The molecule has 0 amide bonds. The summed E-state index contributed by atoms with van der Waals surface area (Å²) in [6, 6.07) is 45.0. The fraction of sp³-hybridized carbons (Fsp3) is 0.0323. The van der Waals surface area contributed by atoms with Crippen molar-refractivity contribution < 1.29 is 4.52 Å². The molecule has 6 rings (SSSR count). The molecule has 1 aliphatic carbocycles. The van der Waals surface area contributed by atoms with E-state index in [1.54, 1.807) is 0 Å². The van der Waals surface area contributed by atoms with Crippen LogP contribution in [0.5, 0.6) is 5.75 Å². The fourth-order valence-corrected chi connectivity index (χ4v) is 6.41. The van der Waals surface area contributed by atoms with Crippen molar-refractivity contribution in [3.8, 4) is 28.0 Å². The van der Waals surface area contributed by atoms with Crippen LogP contribution >= 0.6 is 8.15 Å². The lowest BCUT2D eigenvalue weighted by Crippen LogP contribution is -2.15. The average Bonchev–Trinajstić information content (AvgIpc) is 3.27. The van der Waals surface area contributed by atoms with Crippen molar-refractivity contribution in [3.05, 3.63) is 139 Å². The first-order valence-electron chi connectivity index (χ1n) is 11.3. The average molecular weight is 442 g/mol. The lowest BCUT2D eigenvalue weighted by Gasteiger charge is -2.23. The molecule has 0 saturated heterocycles. The van der Waals surface area contributed by atoms with Gasteiger partial charge in [0, 0.05) is 16.2 Å². The molecule has 1 aliphatic rings. The topological polar surface area (TPSA) is 9.23 Å². The van der Waals surface area contributed by atoms with E-state index in [-0.39, 0.29) is 0 Å². The second-order valence-electron chi connectivity index (χ2n) is 8.22. The van der Waals surface area contributed by atoms with Crippen LogP contribution in [-0.4, -0.2) is 0 Å². The van der Waals surface area contributed by atoms with Gasteiger partial charge in [0.1, 0.15) is 5.75 Å². The van der Waals surface area contributed by atoms with Gasteiger partial charge in [-0.15, -0.1) is 0 Å². The Morgan fingerprint density at radius 3 is 1.76 bits per heavy atom. The summed E-state index contributed by atoms with van der Waals surface area (Å²) in [6.07, 6.45) is 0.932. The monoisotopic (exact) mass is 442 g/mol. The molecule has 5 aromatic carbocycles. The highest BCUT2D eigenvalue weighted by Crippen LogP contribution is 2.48. The highest BCUT2D eigenvalue weighted by molar-refractivity contribution is 7.68. The van der Waals surface area contributed by atoms with Gasteiger partial charge in [0.25, 0.3) is 0 Å². The van der Waals surface area contributed by atoms with Gasteiger partial charge in [0.05, 0.1) is 0 Å². The molecule has 5 aromatic rings. The summed E-state index contributed by atoms with van der Waals surface area (Å²) in [6.45, 7) is 0. The molecule has 0 N–H and O–H groups in total. The zero-order valence-electron chi connectivity index (χ0n) is 18.2. The Balaban J connectivity index is 1.52. The Kier molecular flexibility index (Phi) is 5.26. The van der Waals surface area contributed by atoms with Gasteiger partial charge in [0.2, 0.25) is 0 Å². The maximum absolute atomic E-state index is 6.96. The van der Waals surface area contributed by atoms with Gasteiger partial charge in [-0.2, -0.15) is 0 Å². The molecule has 0 saturated carbocycles. The van der Waals surface area contributed by atoms with Crippen molar-refractivity contribution in [2.75, 3.05) is 0 Å². The Morgan fingerprint density at radius 2 is 1.09 bits per heavy atom. The number of hydrogen-bond donors (Lipinski definition) is 0. The summed E-state index contributed by atoms with van der Waals surface area (Å²) in [5.41, 5.74) is 7.81. The van der Waals surface area contributed by atoms with Gasteiger partial charge < -0.3 is 4.52 Å². The Bertz CT molecular complexity index is 1360. The third-order valence-electron chi connectivity index (χ3n) is 6.18. The first-order chi connectivity index (χ1) is 16.4. The van der Waals surface area contributed by atoms with E-state index in [2.05, 4.69) is 127 Å². The van der Waals surface area contributed by atoms with Crippen LogP contribution < -0.4 is 15.1 Å². The minimum atomic E-state index is -0.999. The summed E-state index contributed by atoms with van der Waals surface area (Å²) in [5, 5.41) is 2.42. The van der Waals surface area contributed by atoms with Gasteiger partial charge >= 0.3 is 0 Å². The molecule has 0 bridgehead atoms. The Morgan fingerprint density at radius 1 is 0.515 bits per heavy atom. The Hall–Kier alpha value is -3.67. The maximum Gasteiger partial charge on any atom is 0.150 e. The van der Waals surface area contributed by atoms with Crippen LogP contribution in [0.15, 0.2) is 127 Å². The fourth-order valence-electron chi connectivity index (χ4n) is 4.67. The minimum absolute atomic E-state index is 0.932. The molecule has 1 nitrogen and oxygen atoms in total. The number of benzene rings is 5. The standard InChI is InChI=1S/C31H23OP/c1-4-12-23(13-5-1)31-29-22-24-14-10-11-19-27(24)28(29)20-21-30(31)32-33(25-15-6-2-7-16-25)26-17-8-3-9-18-26/h1-21H,22H2. The van der Waals surface area contributed by atoms with Crippen LogP contribution in [0.25, 0.3) is 22.3 Å². The lowest BCUT2D eigenvalue weighted by molar-refractivity contribution is 0.631. The maximum atomic E-state index is 6.96. The molecule has 0 radical (unpaired) electrons. The van der Waals surface area contributed by atoms with Crippen molar-refractivity contribution in [1.29, 1.82) is 0 Å². The predicted molar refractivity (Wildman–Crippen MR) is 140 cm³/mol. The van der Waals surface area contributed by atoms with E-state index >= 15 is 0 Å². The molecule has 0 fully saturated rings. The van der Waals surface area contributed by atoms with Gasteiger partial charge in [-0.3, -0.25) is 0 Å². The van der Waals surface area contributed by atoms with Crippen LogP contribution in [-0.2, 0) is 6.42 Å². The molecule has 0 spiro atoms. The number of fused-ring (bicyclic) bond motifs is 3. The molecule has 2 heteroatoms. The first kappa shape index (κ1) is 20.0. The van der Waals surface area contributed by atoms with Gasteiger partial charge in [-0.25, -0.2) is 0 Å². The molecule has 33 heavy (non-hydrogen) atoms. The normalized spacial score (nSPS) is 11.8. The predicted octanol–water partition coefficient (Wildman–Crippen LogP) is 7.35. The molecule has 0 aromatic heterocycles. The largest absolute Gasteiger partial charge is 0.464 e. The second-order valence-corrected chi connectivity index (χ2v) is 10.0. The third-order valence-corrected chi connectivity index (χ3v) is 8.10. The van der Waals surface area contributed by atoms with E-state index in [4.69, 9.17) is 4.52 Å². The van der Waals surface area contributed by atoms with Gasteiger partial charge in [-0.05, 0) is 40.3 Å². The van der Waals surface area contributed by atoms with Crippen molar-refractivity contribution in [2.45, 2.75) is 6.42 Å². The molecule has 158 valence electrons. The van der Waals surface area contributed by atoms with E-state index in [0.717, 1.165) is 12.2 Å². The Labute approximate surface area is 196 Å². The van der Waals surface area contributed by atoms with Crippen LogP contribution in [0.2, 0.25) is 0 Å². The van der Waals surface area contributed by atoms with Crippen LogP contribution in [0.1, 0.15) is 11.1 Å². The summed E-state index contributed by atoms with van der Waals surface area (Å²) in [7, 11) is -0.999. The molecular formula is C31H23OP. The lowest BCUT2D eigenvalue weighted by atomic mass is 9.95. The van der Waals surface area contributed by atoms with E-state index in [0.29, 0.717) is 0 Å². The highest BCUT2D eigenvalue weighted by Gasteiger charge is 2.26. The van der Waals surface area contributed by atoms with Gasteiger partial charge in [0.15, 0.2) is 8.15 Å². The van der Waals surface area contributed by atoms with E-state index in [1.807, 2.05) is 0 Å². The SMILES string of the molecule is c1ccc(-c2c(OP(c3ccccc3)c3ccccc3)ccc3c2Cc2ccccc2-3)cc1. The van der Waals surface area contributed by atoms with Crippen molar-refractivity contribution in [3.63, 3.8) is 0 Å². The first-order valence-corrected chi connectivity index (χ1v) is 12.5. The summed E-state index contributed by atoms with van der Waals surface area (Å²) >= 11 is 0. The van der Waals surface area contributed by atoms with E-state index < -0.39 is 8.15 Å². The van der Waals surface area contributed by atoms with Crippen LogP contribution in [0.3, 0.4) is 0 Å². The summed E-state index contributed by atoms with van der Waals surface area (Å²) in [4.78, 5) is 0. The van der Waals surface area contributed by atoms with Crippen LogP contribution in [0, 0.1) is 0 Å². The smallest absolute Gasteiger partial charge is 0.150 e. The molecule has 0 aliphatic heterocycles. The van der Waals surface area contributed by atoms with Crippen molar-refractivity contribution >= 4 is 18.8 Å². The quantitative estimate of drug-likeness (QED) is 0.254. The number of rotatable bonds is 5. The highest BCUT2D eigenvalue weighted by atomic mass is 31.1. The molecular weight excluding hydrogens is 419 g/mol. The second kappa shape index (κ2) is 8.70. The van der Waals surface area contributed by atoms with Crippen molar-refractivity contribution in [1.82, 2.24) is 0 Å². The molecule has 0 unspecified atom stereocenters. The van der Waals surface area contributed by atoms with Crippen LogP contribution in [0.4, 0.5) is 0 Å². The van der Waals surface area contributed by atoms with Crippen molar-refractivity contribution in [2.24, 2.45) is 0 Å². The minimum Gasteiger partial charge on any atom is -0.464 e. The third kappa shape index (κ3) is 3.75. The van der Waals surface area contributed by atoms with E-state index in [1.165, 1.54) is 44.0 Å².